The normalized spacial score (nSPS) is 11.5. The molecule has 0 fully saturated rings. The van der Waals surface area contributed by atoms with E-state index in [9.17, 15) is 10.1 Å². The van der Waals surface area contributed by atoms with E-state index in [0.717, 1.165) is 0 Å². The Labute approximate surface area is 87.1 Å². The van der Waals surface area contributed by atoms with Gasteiger partial charge in [-0.1, -0.05) is 6.07 Å². The van der Waals surface area contributed by atoms with Crippen molar-refractivity contribution in [3.63, 3.8) is 0 Å². The highest BCUT2D eigenvalue weighted by Crippen LogP contribution is 2.34. The van der Waals surface area contributed by atoms with Gasteiger partial charge < -0.3 is 4.74 Å². The first-order valence-corrected chi connectivity index (χ1v) is 4.32. The van der Waals surface area contributed by atoms with Crippen LogP contribution in [0.2, 0.25) is 0 Å². The van der Waals surface area contributed by atoms with E-state index in [4.69, 9.17) is 10.00 Å². The molecule has 0 aliphatic heterocycles. The Hall–Kier alpha value is -2.09. The topological polar surface area (TPSA) is 76.2 Å². The molecule has 0 saturated heterocycles. The third kappa shape index (κ3) is 2.05. The first-order chi connectivity index (χ1) is 7.11. The lowest BCUT2D eigenvalue weighted by atomic mass is 9.99. The zero-order valence-electron chi connectivity index (χ0n) is 8.43. The van der Waals surface area contributed by atoms with Crippen molar-refractivity contribution in [1.82, 2.24) is 0 Å². The van der Waals surface area contributed by atoms with Gasteiger partial charge in [0, 0.05) is 6.07 Å². The minimum Gasteiger partial charge on any atom is -0.496 e. The Morgan fingerprint density at radius 1 is 1.60 bits per heavy atom. The fourth-order valence-electron chi connectivity index (χ4n) is 1.37. The summed E-state index contributed by atoms with van der Waals surface area (Å²) in [5.74, 6) is -0.195. The van der Waals surface area contributed by atoms with Crippen molar-refractivity contribution in [1.29, 1.82) is 5.26 Å². The van der Waals surface area contributed by atoms with Crippen LogP contribution in [0.3, 0.4) is 0 Å². The van der Waals surface area contributed by atoms with Gasteiger partial charge >= 0.3 is 0 Å². The lowest BCUT2D eigenvalue weighted by Crippen LogP contribution is -2.01. The molecule has 1 atom stereocenters. The number of methoxy groups -OCH3 is 1. The second-order valence-electron chi connectivity index (χ2n) is 3.00. The summed E-state index contributed by atoms with van der Waals surface area (Å²) in [4.78, 5) is 10.2. The van der Waals surface area contributed by atoms with E-state index < -0.39 is 10.8 Å². The lowest BCUT2D eigenvalue weighted by Gasteiger charge is -2.09. The van der Waals surface area contributed by atoms with E-state index in [1.165, 1.54) is 19.2 Å². The number of nitro groups is 1. The molecule has 0 heterocycles. The van der Waals surface area contributed by atoms with Gasteiger partial charge in [0.15, 0.2) is 0 Å². The predicted octanol–water partition coefficient (Wildman–Crippen LogP) is 2.23. The van der Waals surface area contributed by atoms with E-state index >= 15 is 0 Å². The Morgan fingerprint density at radius 2 is 2.27 bits per heavy atom. The minimum absolute atomic E-state index is 0.0802. The first-order valence-electron chi connectivity index (χ1n) is 4.32. The number of ether oxygens (including phenoxy) is 1. The van der Waals surface area contributed by atoms with Gasteiger partial charge in [-0.15, -0.1) is 0 Å². The second-order valence-corrected chi connectivity index (χ2v) is 3.00. The van der Waals surface area contributed by atoms with Gasteiger partial charge in [0.05, 0.1) is 29.6 Å². The summed E-state index contributed by atoms with van der Waals surface area (Å²) in [5, 5.41) is 19.5. The number of nitrogens with zero attached hydrogens (tertiary/aromatic N) is 2. The van der Waals surface area contributed by atoms with E-state index in [2.05, 4.69) is 0 Å². The van der Waals surface area contributed by atoms with Gasteiger partial charge in [0.25, 0.3) is 5.69 Å². The largest absolute Gasteiger partial charge is 0.496 e. The molecule has 1 unspecified atom stereocenters. The highest BCUT2D eigenvalue weighted by molar-refractivity contribution is 5.53. The van der Waals surface area contributed by atoms with Crippen LogP contribution in [-0.2, 0) is 0 Å². The molecule has 1 aromatic rings. The third-order valence-electron chi connectivity index (χ3n) is 2.09. The molecule has 78 valence electrons. The highest BCUT2D eigenvalue weighted by atomic mass is 16.6. The van der Waals surface area contributed by atoms with Crippen LogP contribution in [-0.4, -0.2) is 12.0 Å². The summed E-state index contributed by atoms with van der Waals surface area (Å²) in [6.45, 7) is 1.60. The van der Waals surface area contributed by atoms with Crippen LogP contribution in [0.4, 0.5) is 5.69 Å². The van der Waals surface area contributed by atoms with Gasteiger partial charge in [-0.25, -0.2) is 0 Å². The summed E-state index contributed by atoms with van der Waals surface area (Å²) in [7, 11) is 1.42. The SMILES string of the molecule is COc1cccc([N+](=O)[O-])c1C(C)C#N. The van der Waals surface area contributed by atoms with Gasteiger partial charge in [0.2, 0.25) is 0 Å². The molecule has 0 bridgehead atoms. The van der Waals surface area contributed by atoms with Crippen LogP contribution < -0.4 is 4.74 Å². The molecular weight excluding hydrogens is 196 g/mol. The molecule has 0 aromatic heterocycles. The van der Waals surface area contributed by atoms with Crippen LogP contribution in [0.15, 0.2) is 18.2 Å². The summed E-state index contributed by atoms with van der Waals surface area (Å²) >= 11 is 0. The van der Waals surface area contributed by atoms with Crippen molar-refractivity contribution in [2.75, 3.05) is 7.11 Å². The maximum Gasteiger partial charge on any atom is 0.277 e. The van der Waals surface area contributed by atoms with E-state index in [0.29, 0.717) is 11.3 Å². The standard InChI is InChI=1S/C10H10N2O3/c1-7(6-11)10-8(12(13)14)4-3-5-9(10)15-2/h3-5,7H,1-2H3. The summed E-state index contributed by atoms with van der Waals surface area (Å²) in [6, 6.07) is 6.47. The smallest absolute Gasteiger partial charge is 0.277 e. The molecular formula is C10H10N2O3. The lowest BCUT2D eigenvalue weighted by molar-refractivity contribution is -0.385. The third-order valence-corrected chi connectivity index (χ3v) is 2.09. The number of rotatable bonds is 3. The first kappa shape index (κ1) is 11.0. The zero-order chi connectivity index (χ0) is 11.4. The molecule has 15 heavy (non-hydrogen) atoms. The number of hydrogen-bond donors (Lipinski definition) is 0. The van der Waals surface area contributed by atoms with Crippen molar-refractivity contribution in [3.8, 4) is 11.8 Å². The van der Waals surface area contributed by atoms with Gasteiger partial charge in [0.1, 0.15) is 5.75 Å². The highest BCUT2D eigenvalue weighted by Gasteiger charge is 2.22. The van der Waals surface area contributed by atoms with Crippen LogP contribution in [0.5, 0.6) is 5.75 Å². The quantitative estimate of drug-likeness (QED) is 0.561. The van der Waals surface area contributed by atoms with Crippen molar-refractivity contribution in [2.45, 2.75) is 12.8 Å². The van der Waals surface area contributed by atoms with E-state index in [1.54, 1.807) is 13.0 Å². The van der Waals surface area contributed by atoms with Crippen LogP contribution in [0.1, 0.15) is 18.4 Å². The molecule has 0 radical (unpaired) electrons. The molecule has 0 amide bonds. The molecule has 1 rings (SSSR count). The molecule has 0 saturated carbocycles. The number of benzene rings is 1. The van der Waals surface area contributed by atoms with Gasteiger partial charge in [-0.3, -0.25) is 10.1 Å². The Kier molecular flexibility index (Phi) is 3.24. The molecule has 1 aromatic carbocycles. The maximum atomic E-state index is 10.8. The predicted molar refractivity (Wildman–Crippen MR) is 53.7 cm³/mol. The fraction of sp³-hybridized carbons (Fsp3) is 0.300. The number of nitro benzene ring substituents is 1. The van der Waals surface area contributed by atoms with Crippen molar-refractivity contribution in [2.24, 2.45) is 0 Å². The molecule has 5 nitrogen and oxygen atoms in total. The minimum atomic E-state index is -0.568. The second kappa shape index (κ2) is 4.42. The number of hydrogen-bond acceptors (Lipinski definition) is 4. The molecule has 0 aliphatic carbocycles. The Morgan fingerprint density at radius 3 is 2.73 bits per heavy atom. The maximum absolute atomic E-state index is 10.8. The molecule has 0 N–H and O–H groups in total. The van der Waals surface area contributed by atoms with Crippen molar-refractivity contribution >= 4 is 5.69 Å². The van der Waals surface area contributed by atoms with Gasteiger partial charge in [-0.2, -0.15) is 5.26 Å². The average molecular weight is 206 g/mol. The van der Waals surface area contributed by atoms with Crippen LogP contribution in [0, 0.1) is 21.4 Å². The molecule has 0 spiro atoms. The zero-order valence-corrected chi connectivity index (χ0v) is 8.43. The van der Waals surface area contributed by atoms with Crippen molar-refractivity contribution in [3.05, 3.63) is 33.9 Å². The van der Waals surface area contributed by atoms with Crippen LogP contribution in [0.25, 0.3) is 0 Å². The summed E-state index contributed by atoms with van der Waals surface area (Å²) in [5.41, 5.74) is 0.246. The molecule has 5 heteroatoms. The van der Waals surface area contributed by atoms with Crippen molar-refractivity contribution < 1.29 is 9.66 Å². The number of nitriles is 1. The average Bonchev–Trinajstić information content (AvgIpc) is 2.26. The Balaban J connectivity index is 3.41. The van der Waals surface area contributed by atoms with E-state index in [1.807, 2.05) is 6.07 Å². The summed E-state index contributed by atoms with van der Waals surface area (Å²) in [6.07, 6.45) is 0. The fourth-order valence-corrected chi connectivity index (χ4v) is 1.37. The van der Waals surface area contributed by atoms with Gasteiger partial charge in [-0.05, 0) is 13.0 Å². The Bertz CT molecular complexity index is 423. The monoisotopic (exact) mass is 206 g/mol. The van der Waals surface area contributed by atoms with E-state index in [-0.39, 0.29) is 5.69 Å². The van der Waals surface area contributed by atoms with Crippen LogP contribution >= 0.6 is 0 Å². The molecule has 0 aliphatic rings. The summed E-state index contributed by atoms with van der Waals surface area (Å²) < 4.78 is 5.00.